The Balaban J connectivity index is 1.69. The molecule has 1 unspecified atom stereocenters. The minimum Gasteiger partial charge on any atom is -0.379 e. The van der Waals surface area contributed by atoms with Gasteiger partial charge in [0.2, 0.25) is 0 Å². The van der Waals surface area contributed by atoms with Gasteiger partial charge in [0.05, 0.1) is 13.2 Å². The van der Waals surface area contributed by atoms with E-state index in [1.807, 2.05) is 0 Å². The van der Waals surface area contributed by atoms with E-state index in [0.29, 0.717) is 6.04 Å². The molecular weight excluding hydrogens is 262 g/mol. The van der Waals surface area contributed by atoms with Crippen LogP contribution in [0.15, 0.2) is 24.3 Å². The predicted octanol–water partition coefficient (Wildman–Crippen LogP) is 1.88. The normalized spacial score (nSPS) is 23.7. The second kappa shape index (κ2) is 7.25. The number of nitrogens with one attached hydrogen (secondary N) is 1. The Morgan fingerprint density at radius 2 is 1.95 bits per heavy atom. The molecule has 4 heteroatoms. The van der Waals surface area contributed by atoms with Crippen LogP contribution < -0.4 is 10.2 Å². The maximum Gasteiger partial charge on any atom is 0.0594 e. The van der Waals surface area contributed by atoms with E-state index in [4.69, 9.17) is 4.74 Å². The topological polar surface area (TPSA) is 27.7 Å². The monoisotopic (exact) mass is 289 g/mol. The first-order chi connectivity index (χ1) is 10.4. The molecule has 2 aliphatic heterocycles. The molecule has 0 spiro atoms. The minimum absolute atomic E-state index is 0.495. The number of anilines is 1. The Morgan fingerprint density at radius 1 is 1.14 bits per heavy atom. The summed E-state index contributed by atoms with van der Waals surface area (Å²) >= 11 is 0. The van der Waals surface area contributed by atoms with E-state index < -0.39 is 0 Å². The van der Waals surface area contributed by atoms with Crippen LogP contribution in [0.2, 0.25) is 0 Å². The lowest BCUT2D eigenvalue weighted by Gasteiger charge is -2.31. The maximum atomic E-state index is 5.43. The van der Waals surface area contributed by atoms with Gasteiger partial charge < -0.3 is 15.0 Å². The molecule has 1 aromatic carbocycles. The van der Waals surface area contributed by atoms with Crippen LogP contribution in [0.4, 0.5) is 5.69 Å². The summed E-state index contributed by atoms with van der Waals surface area (Å²) in [6.45, 7) is 7.36. The van der Waals surface area contributed by atoms with Gasteiger partial charge in [-0.2, -0.15) is 0 Å². The van der Waals surface area contributed by atoms with Crippen LogP contribution in [0, 0.1) is 0 Å². The molecule has 0 amide bonds. The van der Waals surface area contributed by atoms with Crippen LogP contribution in [-0.4, -0.2) is 57.9 Å². The van der Waals surface area contributed by atoms with E-state index in [2.05, 4.69) is 46.4 Å². The van der Waals surface area contributed by atoms with Crippen molar-refractivity contribution in [1.29, 1.82) is 0 Å². The highest BCUT2D eigenvalue weighted by molar-refractivity contribution is 5.55. The lowest BCUT2D eigenvalue weighted by molar-refractivity contribution is 0.0392. The van der Waals surface area contributed by atoms with E-state index >= 15 is 0 Å². The Labute approximate surface area is 128 Å². The third-order valence-corrected chi connectivity index (χ3v) is 4.71. The number of morpholine rings is 1. The van der Waals surface area contributed by atoms with Gasteiger partial charge in [0, 0.05) is 44.5 Å². The number of ether oxygens (including phenoxy) is 1. The summed E-state index contributed by atoms with van der Waals surface area (Å²) < 4.78 is 5.43. The lowest BCUT2D eigenvalue weighted by atomic mass is 10.0. The minimum atomic E-state index is 0.495. The maximum absolute atomic E-state index is 5.43. The molecule has 1 atom stereocenters. The van der Waals surface area contributed by atoms with Gasteiger partial charge >= 0.3 is 0 Å². The van der Waals surface area contributed by atoms with Crippen molar-refractivity contribution in [3.8, 4) is 0 Å². The SMILES string of the molecule is CNC1CCCN(CCN2CCOCC2)c2ccccc21. The zero-order valence-corrected chi connectivity index (χ0v) is 13.1. The Morgan fingerprint density at radius 3 is 2.76 bits per heavy atom. The van der Waals surface area contributed by atoms with Crippen molar-refractivity contribution < 1.29 is 4.74 Å². The Bertz CT molecular complexity index is 445. The second-order valence-corrected chi connectivity index (χ2v) is 5.98. The summed E-state index contributed by atoms with van der Waals surface area (Å²) in [5.41, 5.74) is 2.88. The van der Waals surface area contributed by atoms with Gasteiger partial charge in [-0.25, -0.2) is 0 Å². The molecule has 2 aliphatic rings. The second-order valence-electron chi connectivity index (χ2n) is 5.98. The van der Waals surface area contributed by atoms with Crippen LogP contribution >= 0.6 is 0 Å². The average Bonchev–Trinajstić information content (AvgIpc) is 2.73. The quantitative estimate of drug-likeness (QED) is 0.916. The molecule has 1 aromatic rings. The van der Waals surface area contributed by atoms with Crippen LogP contribution in [-0.2, 0) is 4.74 Å². The number of nitrogens with zero attached hydrogens (tertiary/aromatic N) is 2. The average molecular weight is 289 g/mol. The number of para-hydroxylation sites is 1. The fourth-order valence-electron chi connectivity index (χ4n) is 3.45. The van der Waals surface area contributed by atoms with Crippen molar-refractivity contribution in [2.75, 3.05) is 57.9 Å². The van der Waals surface area contributed by atoms with E-state index in [1.165, 1.54) is 30.6 Å². The molecule has 0 aromatic heterocycles. The molecule has 2 heterocycles. The van der Waals surface area contributed by atoms with Crippen LogP contribution in [0.3, 0.4) is 0 Å². The molecular formula is C17H27N3O. The molecule has 1 fully saturated rings. The van der Waals surface area contributed by atoms with Crippen LogP contribution in [0.25, 0.3) is 0 Å². The molecule has 3 rings (SSSR count). The summed E-state index contributed by atoms with van der Waals surface area (Å²) in [5.74, 6) is 0. The smallest absolute Gasteiger partial charge is 0.0594 e. The first kappa shape index (κ1) is 14.8. The molecule has 1 saturated heterocycles. The Hall–Kier alpha value is -1.10. The van der Waals surface area contributed by atoms with Crippen LogP contribution in [0.5, 0.6) is 0 Å². The molecule has 21 heavy (non-hydrogen) atoms. The van der Waals surface area contributed by atoms with Crippen molar-refractivity contribution in [2.45, 2.75) is 18.9 Å². The van der Waals surface area contributed by atoms with E-state index in [-0.39, 0.29) is 0 Å². The van der Waals surface area contributed by atoms with Crippen molar-refractivity contribution in [3.05, 3.63) is 29.8 Å². The van der Waals surface area contributed by atoms with Gasteiger partial charge in [-0.05, 0) is 31.5 Å². The fraction of sp³-hybridized carbons (Fsp3) is 0.647. The summed E-state index contributed by atoms with van der Waals surface area (Å²) in [6.07, 6.45) is 2.48. The van der Waals surface area contributed by atoms with Crippen molar-refractivity contribution in [1.82, 2.24) is 10.2 Å². The number of fused-ring (bicyclic) bond motifs is 1. The van der Waals surface area contributed by atoms with Gasteiger partial charge in [-0.1, -0.05) is 18.2 Å². The molecule has 0 aliphatic carbocycles. The van der Waals surface area contributed by atoms with Crippen molar-refractivity contribution in [2.24, 2.45) is 0 Å². The molecule has 0 saturated carbocycles. The third kappa shape index (κ3) is 3.57. The summed E-state index contributed by atoms with van der Waals surface area (Å²) in [4.78, 5) is 5.09. The first-order valence-corrected chi connectivity index (χ1v) is 8.20. The fourth-order valence-corrected chi connectivity index (χ4v) is 3.45. The molecule has 4 nitrogen and oxygen atoms in total. The molecule has 0 bridgehead atoms. The summed E-state index contributed by atoms with van der Waals surface area (Å²) in [5, 5.41) is 3.47. The molecule has 1 N–H and O–H groups in total. The Kier molecular flexibility index (Phi) is 5.12. The number of rotatable bonds is 4. The highest BCUT2D eigenvalue weighted by Crippen LogP contribution is 2.32. The van der Waals surface area contributed by atoms with Crippen molar-refractivity contribution >= 4 is 5.69 Å². The number of hydrogen-bond donors (Lipinski definition) is 1. The highest BCUT2D eigenvalue weighted by atomic mass is 16.5. The lowest BCUT2D eigenvalue weighted by Crippen LogP contribution is -2.41. The number of hydrogen-bond acceptors (Lipinski definition) is 4. The van der Waals surface area contributed by atoms with Gasteiger partial charge in [0.1, 0.15) is 0 Å². The zero-order chi connectivity index (χ0) is 14.5. The van der Waals surface area contributed by atoms with E-state index in [9.17, 15) is 0 Å². The number of benzene rings is 1. The van der Waals surface area contributed by atoms with Gasteiger partial charge in [-0.3, -0.25) is 4.90 Å². The van der Waals surface area contributed by atoms with Crippen molar-refractivity contribution in [3.63, 3.8) is 0 Å². The third-order valence-electron chi connectivity index (χ3n) is 4.71. The van der Waals surface area contributed by atoms with Crippen LogP contribution in [0.1, 0.15) is 24.4 Å². The largest absolute Gasteiger partial charge is 0.379 e. The summed E-state index contributed by atoms with van der Waals surface area (Å²) in [7, 11) is 2.07. The van der Waals surface area contributed by atoms with Gasteiger partial charge in [-0.15, -0.1) is 0 Å². The molecule has 0 radical (unpaired) electrons. The van der Waals surface area contributed by atoms with E-state index in [0.717, 1.165) is 39.4 Å². The zero-order valence-electron chi connectivity index (χ0n) is 13.1. The standard InChI is InChI=1S/C17H27N3O/c1-18-16-6-4-8-20(17-7-3-2-5-15(16)17)10-9-19-11-13-21-14-12-19/h2-3,5,7,16,18H,4,6,8-14H2,1H3. The summed E-state index contributed by atoms with van der Waals surface area (Å²) in [6, 6.07) is 9.38. The highest BCUT2D eigenvalue weighted by Gasteiger charge is 2.22. The van der Waals surface area contributed by atoms with Gasteiger partial charge in [0.25, 0.3) is 0 Å². The van der Waals surface area contributed by atoms with E-state index in [1.54, 1.807) is 0 Å². The predicted molar refractivity (Wildman–Crippen MR) is 86.9 cm³/mol. The first-order valence-electron chi connectivity index (χ1n) is 8.20. The molecule has 116 valence electrons. The van der Waals surface area contributed by atoms with Gasteiger partial charge in [0.15, 0.2) is 0 Å².